The van der Waals surface area contributed by atoms with Gasteiger partial charge >= 0.3 is 5.97 Å². The Morgan fingerprint density at radius 2 is 2.05 bits per heavy atom. The van der Waals surface area contributed by atoms with Crippen LogP contribution in [0.5, 0.6) is 0 Å². The molecule has 2 heterocycles. The zero-order chi connectivity index (χ0) is 15.6. The Labute approximate surface area is 120 Å². The zero-order valence-electron chi connectivity index (χ0n) is 12.0. The number of hydrogen-bond acceptors (Lipinski definition) is 5. The number of furan rings is 1. The minimum Gasteiger partial charge on any atom is -0.475 e. The van der Waals surface area contributed by atoms with E-state index in [1.54, 1.807) is 6.07 Å². The summed E-state index contributed by atoms with van der Waals surface area (Å²) in [5, 5.41) is 15.0. The molecule has 2 N–H and O–H groups in total. The van der Waals surface area contributed by atoms with Gasteiger partial charge in [-0.3, -0.25) is 4.79 Å². The maximum Gasteiger partial charge on any atom is 0.371 e. The minimum absolute atomic E-state index is 0.0732. The average Bonchev–Trinajstić information content (AvgIpc) is 3.04. The zero-order valence-corrected chi connectivity index (χ0v) is 12.0. The predicted molar refractivity (Wildman–Crippen MR) is 72.0 cm³/mol. The van der Waals surface area contributed by atoms with E-state index in [-0.39, 0.29) is 23.4 Å². The molecule has 2 aromatic heterocycles. The number of rotatable bonds is 4. The Balaban J connectivity index is 1.98. The molecule has 0 bridgehead atoms. The van der Waals surface area contributed by atoms with E-state index >= 15 is 0 Å². The van der Waals surface area contributed by atoms with Gasteiger partial charge in [0.1, 0.15) is 11.5 Å². The van der Waals surface area contributed by atoms with Crippen molar-refractivity contribution in [2.24, 2.45) is 0 Å². The Bertz CT molecular complexity index is 663. The van der Waals surface area contributed by atoms with E-state index in [4.69, 9.17) is 14.0 Å². The van der Waals surface area contributed by atoms with Crippen LogP contribution in [0.4, 0.5) is 0 Å². The van der Waals surface area contributed by atoms with Crippen molar-refractivity contribution in [1.29, 1.82) is 0 Å². The second kappa shape index (κ2) is 5.43. The minimum atomic E-state index is -1.15. The second-order valence-corrected chi connectivity index (χ2v) is 5.58. The number of amides is 1. The molecule has 2 rings (SSSR count). The summed E-state index contributed by atoms with van der Waals surface area (Å²) in [5.74, 6) is -0.781. The standard InChI is InChI=1S/C14H16N2O5/c1-14(2,3)11-6-9(16-21-11)12(17)15-7-8-4-5-10(20-8)13(18)19/h4-6H,7H2,1-3H3,(H,15,17)(H,18,19). The van der Waals surface area contributed by atoms with Crippen molar-refractivity contribution in [3.8, 4) is 0 Å². The first-order chi connectivity index (χ1) is 9.77. The number of aromatic nitrogens is 1. The largest absolute Gasteiger partial charge is 0.475 e. The molecule has 0 aliphatic carbocycles. The lowest BCUT2D eigenvalue weighted by molar-refractivity contribution is 0.0660. The molecule has 0 radical (unpaired) electrons. The van der Waals surface area contributed by atoms with E-state index in [2.05, 4.69) is 10.5 Å². The lowest BCUT2D eigenvalue weighted by Gasteiger charge is -2.12. The van der Waals surface area contributed by atoms with E-state index < -0.39 is 11.9 Å². The second-order valence-electron chi connectivity index (χ2n) is 5.58. The summed E-state index contributed by atoms with van der Waals surface area (Å²) in [4.78, 5) is 22.6. The Morgan fingerprint density at radius 3 is 2.57 bits per heavy atom. The van der Waals surface area contributed by atoms with Gasteiger partial charge in [0.05, 0.1) is 6.54 Å². The van der Waals surface area contributed by atoms with Crippen LogP contribution in [-0.4, -0.2) is 22.1 Å². The van der Waals surface area contributed by atoms with Crippen LogP contribution in [0.15, 0.2) is 27.1 Å². The molecule has 0 aliphatic rings. The summed E-state index contributed by atoms with van der Waals surface area (Å²) >= 11 is 0. The molecule has 7 nitrogen and oxygen atoms in total. The van der Waals surface area contributed by atoms with E-state index in [1.165, 1.54) is 12.1 Å². The number of hydrogen-bond donors (Lipinski definition) is 2. The maximum absolute atomic E-state index is 11.9. The van der Waals surface area contributed by atoms with Crippen molar-refractivity contribution in [3.63, 3.8) is 0 Å². The highest BCUT2D eigenvalue weighted by molar-refractivity contribution is 5.92. The highest BCUT2D eigenvalue weighted by atomic mass is 16.5. The number of carboxylic acid groups (broad SMARTS) is 1. The first-order valence-electron chi connectivity index (χ1n) is 6.35. The lowest BCUT2D eigenvalue weighted by atomic mass is 9.93. The maximum atomic E-state index is 11.9. The summed E-state index contributed by atoms with van der Waals surface area (Å²) in [6.45, 7) is 5.92. The molecule has 0 fully saturated rings. The molecule has 0 spiro atoms. The first-order valence-corrected chi connectivity index (χ1v) is 6.35. The quantitative estimate of drug-likeness (QED) is 0.894. The van der Waals surface area contributed by atoms with Crippen molar-refractivity contribution in [2.45, 2.75) is 32.7 Å². The molecule has 0 aromatic carbocycles. The number of carboxylic acids is 1. The van der Waals surface area contributed by atoms with Crippen molar-refractivity contribution < 1.29 is 23.6 Å². The van der Waals surface area contributed by atoms with Gasteiger partial charge in [0, 0.05) is 11.5 Å². The van der Waals surface area contributed by atoms with Crippen LogP contribution in [0.1, 0.15) is 53.3 Å². The van der Waals surface area contributed by atoms with Crippen LogP contribution in [-0.2, 0) is 12.0 Å². The smallest absolute Gasteiger partial charge is 0.371 e. The van der Waals surface area contributed by atoms with Crippen LogP contribution < -0.4 is 5.32 Å². The number of carbonyl (C=O) groups is 2. The Kier molecular flexibility index (Phi) is 3.84. The summed E-state index contributed by atoms with van der Waals surface area (Å²) in [7, 11) is 0. The van der Waals surface area contributed by atoms with Crippen LogP contribution in [0.2, 0.25) is 0 Å². The average molecular weight is 292 g/mol. The predicted octanol–water partition coefficient (Wildman–Crippen LogP) is 2.19. The fourth-order valence-corrected chi connectivity index (χ4v) is 1.58. The highest BCUT2D eigenvalue weighted by Gasteiger charge is 2.22. The molecule has 0 saturated heterocycles. The van der Waals surface area contributed by atoms with Gasteiger partial charge in [0.2, 0.25) is 5.76 Å². The monoisotopic (exact) mass is 292 g/mol. The van der Waals surface area contributed by atoms with Crippen molar-refractivity contribution in [1.82, 2.24) is 10.5 Å². The van der Waals surface area contributed by atoms with Crippen molar-refractivity contribution >= 4 is 11.9 Å². The van der Waals surface area contributed by atoms with Crippen molar-refractivity contribution in [2.75, 3.05) is 0 Å². The molecular weight excluding hydrogens is 276 g/mol. The molecule has 21 heavy (non-hydrogen) atoms. The summed E-state index contributed by atoms with van der Waals surface area (Å²) in [5.41, 5.74) is -0.0620. The molecule has 0 atom stereocenters. The van der Waals surface area contributed by atoms with Gasteiger partial charge in [-0.25, -0.2) is 4.79 Å². The SMILES string of the molecule is CC(C)(C)c1cc(C(=O)NCc2ccc(C(=O)O)o2)no1. The van der Waals surface area contributed by atoms with E-state index in [0.717, 1.165) is 0 Å². The molecule has 2 aromatic rings. The number of aromatic carboxylic acids is 1. The fraction of sp³-hybridized carbons (Fsp3) is 0.357. The van der Waals surface area contributed by atoms with Crippen LogP contribution in [0, 0.1) is 0 Å². The third-order valence-electron chi connectivity index (χ3n) is 2.78. The molecule has 7 heteroatoms. The summed E-state index contributed by atoms with van der Waals surface area (Å²) in [6.07, 6.45) is 0. The molecular formula is C14H16N2O5. The van der Waals surface area contributed by atoms with E-state index in [1.807, 2.05) is 20.8 Å². The molecule has 0 saturated carbocycles. The molecule has 112 valence electrons. The third kappa shape index (κ3) is 3.50. The van der Waals surface area contributed by atoms with Gasteiger partial charge in [-0.15, -0.1) is 0 Å². The molecule has 0 aliphatic heterocycles. The Morgan fingerprint density at radius 1 is 1.33 bits per heavy atom. The van der Waals surface area contributed by atoms with Crippen LogP contribution >= 0.6 is 0 Å². The first kappa shape index (κ1) is 14.8. The number of carbonyl (C=O) groups excluding carboxylic acids is 1. The van der Waals surface area contributed by atoms with E-state index in [0.29, 0.717) is 11.5 Å². The molecule has 1 amide bonds. The van der Waals surface area contributed by atoms with Gasteiger partial charge in [-0.2, -0.15) is 0 Å². The highest BCUT2D eigenvalue weighted by Crippen LogP contribution is 2.22. The third-order valence-corrected chi connectivity index (χ3v) is 2.78. The van der Waals surface area contributed by atoms with Gasteiger partial charge < -0.3 is 19.4 Å². The number of nitrogens with one attached hydrogen (secondary N) is 1. The lowest BCUT2D eigenvalue weighted by Crippen LogP contribution is -2.22. The fourth-order valence-electron chi connectivity index (χ4n) is 1.58. The van der Waals surface area contributed by atoms with E-state index in [9.17, 15) is 9.59 Å². The van der Waals surface area contributed by atoms with Gasteiger partial charge in [-0.05, 0) is 12.1 Å². The number of nitrogens with zero attached hydrogens (tertiary/aromatic N) is 1. The van der Waals surface area contributed by atoms with Gasteiger partial charge in [-0.1, -0.05) is 25.9 Å². The van der Waals surface area contributed by atoms with Crippen molar-refractivity contribution in [3.05, 3.63) is 41.2 Å². The topological polar surface area (TPSA) is 106 Å². The molecule has 0 unspecified atom stereocenters. The Hall–Kier alpha value is -2.57. The van der Waals surface area contributed by atoms with Crippen LogP contribution in [0.3, 0.4) is 0 Å². The summed E-state index contributed by atoms with van der Waals surface area (Å²) in [6, 6.07) is 4.41. The van der Waals surface area contributed by atoms with Crippen LogP contribution in [0.25, 0.3) is 0 Å². The van der Waals surface area contributed by atoms with Gasteiger partial charge in [0.25, 0.3) is 5.91 Å². The summed E-state index contributed by atoms with van der Waals surface area (Å²) < 4.78 is 10.2. The normalized spacial score (nSPS) is 11.4. The van der Waals surface area contributed by atoms with Gasteiger partial charge in [0.15, 0.2) is 5.69 Å².